The number of halogens is 14. The summed E-state index contributed by atoms with van der Waals surface area (Å²) in [6, 6.07) is 8.91. The summed E-state index contributed by atoms with van der Waals surface area (Å²) >= 11 is -0.318. The van der Waals surface area contributed by atoms with Crippen molar-refractivity contribution in [3.05, 3.63) is 47.5 Å². The van der Waals surface area contributed by atoms with Crippen molar-refractivity contribution in [1.82, 2.24) is 15.0 Å². The van der Waals surface area contributed by atoms with Crippen molar-refractivity contribution >= 4 is 22.8 Å². The molecule has 2 aromatic carbocycles. The first-order valence-corrected chi connectivity index (χ1v) is 11.9. The molecule has 3 aromatic rings. The maximum Gasteiger partial charge on any atom is 0.460 e. The Hall–Kier alpha value is -2.99. The van der Waals surface area contributed by atoms with Crippen LogP contribution in [0.25, 0.3) is 16.7 Å². The molecule has 3 rings (SSSR count). The number of rotatable bonds is 10. The van der Waals surface area contributed by atoms with Crippen molar-refractivity contribution in [1.29, 1.82) is 0 Å². The number of phenolic OH excluding ortho intramolecular Hbond substituents is 1. The van der Waals surface area contributed by atoms with Gasteiger partial charge in [0.15, 0.2) is 5.50 Å². The molecule has 0 aliphatic rings. The molecule has 0 bridgehead atoms. The van der Waals surface area contributed by atoms with Gasteiger partial charge in [-0.25, -0.2) is 4.39 Å². The molecule has 0 saturated carbocycles. The lowest BCUT2D eigenvalue weighted by Crippen LogP contribution is -2.70. The Morgan fingerprint density at radius 2 is 1.27 bits per heavy atom. The van der Waals surface area contributed by atoms with E-state index in [0.29, 0.717) is 16.6 Å². The molecule has 4 nitrogen and oxygen atoms in total. The van der Waals surface area contributed by atoms with Gasteiger partial charge in [0, 0.05) is 11.3 Å². The van der Waals surface area contributed by atoms with Gasteiger partial charge in [0.25, 0.3) is 0 Å². The normalized spacial score (nSPS) is 15.0. The van der Waals surface area contributed by atoms with E-state index in [1.165, 1.54) is 19.1 Å². The predicted octanol–water partition coefficient (Wildman–Crippen LogP) is 8.09. The molecule has 0 amide bonds. The topological polar surface area (TPSA) is 50.9 Å². The molecule has 0 aliphatic heterocycles. The first-order valence-electron chi connectivity index (χ1n) is 10.8. The van der Waals surface area contributed by atoms with Crippen LogP contribution >= 0.6 is 11.8 Å². The van der Waals surface area contributed by atoms with Gasteiger partial charge in [-0.05, 0) is 30.7 Å². The minimum absolute atomic E-state index is 0.100. The first-order chi connectivity index (χ1) is 18.5. The lowest BCUT2D eigenvalue weighted by atomic mass is 9.93. The number of aromatic hydroxyl groups is 1. The number of phenols is 1. The molecule has 1 atom stereocenters. The van der Waals surface area contributed by atoms with Crippen molar-refractivity contribution in [3.8, 4) is 11.4 Å². The monoisotopic (exact) mass is 635 g/mol. The average molecular weight is 635 g/mol. The Morgan fingerprint density at radius 3 is 1.76 bits per heavy atom. The summed E-state index contributed by atoms with van der Waals surface area (Å²) < 4.78 is 186. The highest BCUT2D eigenvalue weighted by Crippen LogP contribution is 2.61. The number of aryl methyl sites for hydroxylation is 1. The molecule has 19 heteroatoms. The second-order valence-electron chi connectivity index (χ2n) is 8.69. The Morgan fingerprint density at radius 1 is 0.780 bits per heavy atom. The summed E-state index contributed by atoms with van der Waals surface area (Å²) in [7, 11) is 0. The summed E-state index contributed by atoms with van der Waals surface area (Å²) in [4.78, 5) is 0.960. The van der Waals surface area contributed by atoms with Crippen LogP contribution in [-0.4, -0.2) is 61.4 Å². The van der Waals surface area contributed by atoms with Crippen LogP contribution in [0.1, 0.15) is 17.5 Å². The summed E-state index contributed by atoms with van der Waals surface area (Å²) in [5.74, 6) is -39.5. The van der Waals surface area contributed by atoms with E-state index in [9.17, 15) is 66.6 Å². The SMILES string of the molecule is Cc1cc(CSC(F)CC(F)(F)C(F)(F)C(F)(F)C(F)(F)C(F)(F)C(F)(F)F)c(O)c(-n2nc3ccccc3n2)c1. The average Bonchev–Trinajstić information content (AvgIpc) is 3.27. The van der Waals surface area contributed by atoms with Crippen LogP contribution in [0.5, 0.6) is 5.75 Å². The van der Waals surface area contributed by atoms with Crippen LogP contribution in [-0.2, 0) is 5.75 Å². The molecule has 1 unspecified atom stereocenters. The van der Waals surface area contributed by atoms with Gasteiger partial charge < -0.3 is 5.11 Å². The molecule has 228 valence electrons. The second kappa shape index (κ2) is 10.4. The van der Waals surface area contributed by atoms with E-state index < -0.39 is 59.2 Å². The highest BCUT2D eigenvalue weighted by molar-refractivity contribution is 7.99. The third kappa shape index (κ3) is 5.48. The lowest BCUT2D eigenvalue weighted by molar-refractivity contribution is -0.440. The molecular weight excluding hydrogens is 620 g/mol. The number of hydrogen-bond donors (Lipinski definition) is 1. The van der Waals surface area contributed by atoms with Gasteiger partial charge in [0.2, 0.25) is 0 Å². The fraction of sp³-hybridized carbons (Fsp3) is 0.455. The minimum Gasteiger partial charge on any atom is -0.505 e. The summed E-state index contributed by atoms with van der Waals surface area (Å²) in [6.07, 6.45) is -10.5. The van der Waals surface area contributed by atoms with Crippen LogP contribution in [0.2, 0.25) is 0 Å². The van der Waals surface area contributed by atoms with Crippen molar-refractivity contribution in [2.24, 2.45) is 0 Å². The van der Waals surface area contributed by atoms with Crippen LogP contribution in [0.15, 0.2) is 36.4 Å². The Balaban J connectivity index is 1.81. The van der Waals surface area contributed by atoms with Crippen LogP contribution in [0.4, 0.5) is 61.5 Å². The minimum atomic E-state index is -8.06. The summed E-state index contributed by atoms with van der Waals surface area (Å²) in [5.41, 5.74) is -2.51. The lowest BCUT2D eigenvalue weighted by Gasteiger charge is -2.39. The standard InChI is InChI=1S/C22H15F14N3OS/c1-10-6-11(16(40)14(7-10)39-37-12-4-2-3-5-13(12)38-39)9-41-15(23)8-17(24,25)18(26,27)19(28,29)20(30,31)21(32,33)22(34,35)36/h2-7,15,40H,8-9H2,1H3. The molecule has 0 fully saturated rings. The smallest absolute Gasteiger partial charge is 0.460 e. The van der Waals surface area contributed by atoms with E-state index in [2.05, 4.69) is 10.2 Å². The molecular formula is C22H15F14N3OS. The highest BCUT2D eigenvalue weighted by atomic mass is 32.2. The number of hydrogen-bond acceptors (Lipinski definition) is 4. The molecule has 1 N–H and O–H groups in total. The number of nitrogens with zero attached hydrogens (tertiary/aromatic N) is 3. The summed E-state index contributed by atoms with van der Waals surface area (Å²) in [5, 5.41) is 18.8. The third-order valence-electron chi connectivity index (χ3n) is 5.65. The number of fused-ring (bicyclic) bond motifs is 1. The number of aromatic nitrogens is 3. The fourth-order valence-electron chi connectivity index (χ4n) is 3.43. The largest absolute Gasteiger partial charge is 0.505 e. The maximum atomic E-state index is 14.3. The molecule has 0 saturated heterocycles. The predicted molar refractivity (Wildman–Crippen MR) is 117 cm³/mol. The van der Waals surface area contributed by atoms with E-state index in [4.69, 9.17) is 0 Å². The Labute approximate surface area is 224 Å². The number of alkyl halides is 14. The van der Waals surface area contributed by atoms with Gasteiger partial charge in [-0.1, -0.05) is 18.2 Å². The second-order valence-corrected chi connectivity index (χ2v) is 9.83. The van der Waals surface area contributed by atoms with Gasteiger partial charge in [-0.15, -0.1) is 26.8 Å². The fourth-order valence-corrected chi connectivity index (χ4v) is 4.34. The maximum absolute atomic E-state index is 14.3. The van der Waals surface area contributed by atoms with Crippen LogP contribution in [0, 0.1) is 6.92 Å². The van der Waals surface area contributed by atoms with Crippen LogP contribution < -0.4 is 0 Å². The molecule has 0 aliphatic carbocycles. The van der Waals surface area contributed by atoms with E-state index in [0.717, 1.165) is 4.80 Å². The van der Waals surface area contributed by atoms with Gasteiger partial charge in [-0.2, -0.15) is 57.1 Å². The molecule has 0 radical (unpaired) electrons. The van der Waals surface area contributed by atoms with Crippen molar-refractivity contribution in [2.45, 2.75) is 60.4 Å². The highest BCUT2D eigenvalue weighted by Gasteiger charge is 2.90. The molecule has 1 aromatic heterocycles. The Kier molecular flexibility index (Phi) is 8.23. The number of benzene rings is 2. The summed E-state index contributed by atoms with van der Waals surface area (Å²) in [6.45, 7) is 1.46. The van der Waals surface area contributed by atoms with E-state index >= 15 is 0 Å². The number of thioether (sulfide) groups is 1. The zero-order valence-corrected chi connectivity index (χ0v) is 20.8. The van der Waals surface area contributed by atoms with Crippen molar-refractivity contribution in [3.63, 3.8) is 0 Å². The van der Waals surface area contributed by atoms with E-state index in [1.54, 1.807) is 24.3 Å². The molecule has 0 spiro atoms. The van der Waals surface area contributed by atoms with Crippen molar-refractivity contribution in [2.75, 3.05) is 0 Å². The molecule has 1 heterocycles. The van der Waals surface area contributed by atoms with Gasteiger partial charge in [-0.3, -0.25) is 0 Å². The van der Waals surface area contributed by atoms with Gasteiger partial charge in [0.05, 0.1) is 6.42 Å². The zero-order valence-electron chi connectivity index (χ0n) is 19.9. The molecule has 41 heavy (non-hydrogen) atoms. The van der Waals surface area contributed by atoms with Gasteiger partial charge >= 0.3 is 35.8 Å². The van der Waals surface area contributed by atoms with Crippen LogP contribution in [0.3, 0.4) is 0 Å². The van der Waals surface area contributed by atoms with E-state index in [-0.39, 0.29) is 23.0 Å². The van der Waals surface area contributed by atoms with Gasteiger partial charge in [0.1, 0.15) is 22.5 Å². The third-order valence-corrected chi connectivity index (χ3v) is 6.66. The van der Waals surface area contributed by atoms with Crippen molar-refractivity contribution < 1.29 is 66.6 Å². The zero-order chi connectivity index (χ0) is 31.4. The first kappa shape index (κ1) is 32.5. The quantitative estimate of drug-likeness (QED) is 0.229. The Bertz CT molecular complexity index is 1370. The van der Waals surface area contributed by atoms with E-state index in [1.807, 2.05) is 0 Å².